The highest BCUT2D eigenvalue weighted by molar-refractivity contribution is 9.10. The van der Waals surface area contributed by atoms with Crippen LogP contribution in [0.5, 0.6) is 5.75 Å². The summed E-state index contributed by atoms with van der Waals surface area (Å²) in [6.45, 7) is 0. The van der Waals surface area contributed by atoms with Gasteiger partial charge in [-0.3, -0.25) is 4.21 Å². The van der Waals surface area contributed by atoms with E-state index in [0.29, 0.717) is 17.2 Å². The first-order chi connectivity index (χ1) is 8.69. The predicted molar refractivity (Wildman–Crippen MR) is 72.7 cm³/mol. The average Bonchev–Trinajstić information content (AvgIpc) is 2.82. The molecule has 1 unspecified atom stereocenters. The normalized spacial score (nSPS) is 12.3. The molecule has 0 aliphatic heterocycles. The molecule has 0 fully saturated rings. The Morgan fingerprint density at radius 2 is 2.22 bits per heavy atom. The van der Waals surface area contributed by atoms with E-state index in [4.69, 9.17) is 9.26 Å². The van der Waals surface area contributed by atoms with Gasteiger partial charge in [-0.15, -0.1) is 0 Å². The molecule has 18 heavy (non-hydrogen) atoms. The van der Waals surface area contributed by atoms with Gasteiger partial charge in [-0.1, -0.05) is 21.1 Å². The number of hydrogen-bond donors (Lipinski definition) is 0. The summed E-state index contributed by atoms with van der Waals surface area (Å²) in [6, 6.07) is 7.38. The summed E-state index contributed by atoms with van der Waals surface area (Å²) in [6.07, 6.45) is 1.48. The number of rotatable bonds is 5. The van der Waals surface area contributed by atoms with Crippen molar-refractivity contribution in [1.82, 2.24) is 5.16 Å². The maximum Gasteiger partial charge on any atom is 0.124 e. The van der Waals surface area contributed by atoms with Crippen LogP contribution in [0.2, 0.25) is 0 Å². The van der Waals surface area contributed by atoms with E-state index in [0.717, 1.165) is 15.8 Å². The van der Waals surface area contributed by atoms with Crippen LogP contribution in [-0.4, -0.2) is 16.5 Å². The molecule has 0 N–H and O–H groups in total. The van der Waals surface area contributed by atoms with Gasteiger partial charge < -0.3 is 9.26 Å². The van der Waals surface area contributed by atoms with Gasteiger partial charge in [0.25, 0.3) is 0 Å². The maximum atomic E-state index is 12.0. The first-order valence-electron chi connectivity index (χ1n) is 5.25. The van der Waals surface area contributed by atoms with Gasteiger partial charge in [-0.25, -0.2) is 0 Å². The van der Waals surface area contributed by atoms with Crippen LogP contribution in [0, 0.1) is 0 Å². The van der Waals surface area contributed by atoms with Crippen molar-refractivity contribution in [1.29, 1.82) is 0 Å². The van der Waals surface area contributed by atoms with E-state index in [2.05, 4.69) is 21.1 Å². The highest BCUT2D eigenvalue weighted by Crippen LogP contribution is 2.24. The fraction of sp³-hybridized carbons (Fsp3) is 0.250. The number of ether oxygens (including phenoxy) is 1. The number of methoxy groups -OCH3 is 1. The molecule has 0 spiro atoms. The standard InChI is InChI=1S/C12H12BrNO3S/c1-16-12-3-2-10(13)6-9(12)7-18(15)8-11-4-5-17-14-11/h2-6H,7-8H2,1H3. The zero-order valence-corrected chi connectivity index (χ0v) is 12.2. The molecule has 0 saturated heterocycles. The molecule has 0 aliphatic rings. The second kappa shape index (κ2) is 6.15. The molecule has 1 aromatic carbocycles. The zero-order chi connectivity index (χ0) is 13.0. The number of aromatic nitrogens is 1. The molecule has 2 aromatic rings. The van der Waals surface area contributed by atoms with Crippen LogP contribution in [0.25, 0.3) is 0 Å². The maximum absolute atomic E-state index is 12.0. The molecular formula is C12H12BrNO3S. The lowest BCUT2D eigenvalue weighted by Crippen LogP contribution is -2.01. The van der Waals surface area contributed by atoms with Crippen LogP contribution >= 0.6 is 15.9 Å². The minimum atomic E-state index is -1.04. The van der Waals surface area contributed by atoms with Gasteiger partial charge in [-0.05, 0) is 18.2 Å². The van der Waals surface area contributed by atoms with Gasteiger partial charge in [0.05, 0.1) is 24.3 Å². The van der Waals surface area contributed by atoms with Crippen molar-refractivity contribution in [3.05, 3.63) is 46.3 Å². The van der Waals surface area contributed by atoms with Crippen LogP contribution in [0.1, 0.15) is 11.3 Å². The quantitative estimate of drug-likeness (QED) is 0.846. The topological polar surface area (TPSA) is 52.3 Å². The van der Waals surface area contributed by atoms with Gasteiger partial charge in [0, 0.05) is 26.9 Å². The van der Waals surface area contributed by atoms with Gasteiger partial charge >= 0.3 is 0 Å². The lowest BCUT2D eigenvalue weighted by atomic mass is 10.2. The highest BCUT2D eigenvalue weighted by atomic mass is 79.9. The SMILES string of the molecule is COc1ccc(Br)cc1CS(=O)Cc1ccon1. The van der Waals surface area contributed by atoms with E-state index in [1.165, 1.54) is 6.26 Å². The molecule has 2 rings (SSSR count). The van der Waals surface area contributed by atoms with Crippen molar-refractivity contribution in [2.24, 2.45) is 0 Å². The van der Waals surface area contributed by atoms with Gasteiger partial charge in [-0.2, -0.15) is 0 Å². The van der Waals surface area contributed by atoms with Gasteiger partial charge in [0.1, 0.15) is 12.0 Å². The van der Waals surface area contributed by atoms with Gasteiger partial charge in [0.2, 0.25) is 0 Å². The van der Waals surface area contributed by atoms with Crippen molar-refractivity contribution in [2.45, 2.75) is 11.5 Å². The van der Waals surface area contributed by atoms with Crippen molar-refractivity contribution in [2.75, 3.05) is 7.11 Å². The van der Waals surface area contributed by atoms with Crippen molar-refractivity contribution in [3.8, 4) is 5.75 Å². The molecule has 1 heterocycles. The Kier molecular flexibility index (Phi) is 4.54. The van der Waals surface area contributed by atoms with Crippen LogP contribution in [0.4, 0.5) is 0 Å². The molecule has 0 saturated carbocycles. The minimum Gasteiger partial charge on any atom is -0.496 e. The highest BCUT2D eigenvalue weighted by Gasteiger charge is 2.10. The molecule has 96 valence electrons. The Labute approximate surface area is 116 Å². The molecule has 0 bridgehead atoms. The summed E-state index contributed by atoms with van der Waals surface area (Å²) in [7, 11) is 0.561. The molecule has 1 atom stereocenters. The third kappa shape index (κ3) is 3.43. The Morgan fingerprint density at radius 1 is 1.39 bits per heavy atom. The summed E-state index contributed by atoms with van der Waals surface area (Å²) in [5, 5.41) is 3.75. The molecule has 4 nitrogen and oxygen atoms in total. The second-order valence-corrected chi connectivity index (χ2v) is 6.05. The number of nitrogens with zero attached hydrogens (tertiary/aromatic N) is 1. The molecule has 1 aromatic heterocycles. The average molecular weight is 330 g/mol. The zero-order valence-electron chi connectivity index (χ0n) is 9.76. The number of halogens is 1. The Hall–Kier alpha value is -1.14. The predicted octanol–water partition coefficient (Wildman–Crippen LogP) is 2.89. The summed E-state index contributed by atoms with van der Waals surface area (Å²) in [4.78, 5) is 0. The Bertz CT molecular complexity index is 542. The smallest absolute Gasteiger partial charge is 0.124 e. The van der Waals surface area contributed by atoms with Crippen LogP contribution in [0.15, 0.2) is 39.5 Å². The number of hydrogen-bond acceptors (Lipinski definition) is 4. The van der Waals surface area contributed by atoms with E-state index in [1.807, 2.05) is 18.2 Å². The second-order valence-electron chi connectivity index (χ2n) is 3.68. The van der Waals surface area contributed by atoms with Crippen molar-refractivity contribution < 1.29 is 13.5 Å². The molecule has 0 radical (unpaired) electrons. The molecule has 6 heteroatoms. The molecular weight excluding hydrogens is 318 g/mol. The fourth-order valence-electron chi connectivity index (χ4n) is 1.56. The van der Waals surface area contributed by atoms with Crippen LogP contribution in [-0.2, 0) is 22.3 Å². The lowest BCUT2D eigenvalue weighted by molar-refractivity contribution is 0.411. The van der Waals surface area contributed by atoms with E-state index in [9.17, 15) is 4.21 Å². The lowest BCUT2D eigenvalue weighted by Gasteiger charge is -2.08. The first-order valence-corrected chi connectivity index (χ1v) is 7.54. The summed E-state index contributed by atoms with van der Waals surface area (Å²) in [5.41, 5.74) is 1.61. The monoisotopic (exact) mass is 329 g/mol. The number of benzene rings is 1. The summed E-state index contributed by atoms with van der Waals surface area (Å²) >= 11 is 3.39. The van der Waals surface area contributed by atoms with Crippen molar-refractivity contribution in [3.63, 3.8) is 0 Å². The van der Waals surface area contributed by atoms with E-state index >= 15 is 0 Å². The third-order valence-electron chi connectivity index (χ3n) is 2.36. The van der Waals surface area contributed by atoms with Crippen LogP contribution < -0.4 is 4.74 Å². The van der Waals surface area contributed by atoms with E-state index < -0.39 is 10.8 Å². The Balaban J connectivity index is 2.08. The summed E-state index contributed by atoms with van der Waals surface area (Å²) < 4.78 is 22.9. The van der Waals surface area contributed by atoms with Crippen LogP contribution in [0.3, 0.4) is 0 Å². The van der Waals surface area contributed by atoms with E-state index in [1.54, 1.807) is 13.2 Å². The fourth-order valence-corrected chi connectivity index (χ4v) is 3.12. The Morgan fingerprint density at radius 3 is 2.89 bits per heavy atom. The molecule has 0 aliphatic carbocycles. The minimum absolute atomic E-state index is 0.381. The third-order valence-corrected chi connectivity index (χ3v) is 4.10. The largest absolute Gasteiger partial charge is 0.496 e. The summed E-state index contributed by atoms with van der Waals surface area (Å²) in [5.74, 6) is 1.55. The van der Waals surface area contributed by atoms with E-state index in [-0.39, 0.29) is 0 Å². The molecule has 0 amide bonds. The van der Waals surface area contributed by atoms with Gasteiger partial charge in [0.15, 0.2) is 0 Å². The van der Waals surface area contributed by atoms with Crippen molar-refractivity contribution >= 4 is 26.7 Å². The first kappa shape index (κ1) is 13.3.